The van der Waals surface area contributed by atoms with Crippen molar-refractivity contribution in [3.63, 3.8) is 0 Å². The Morgan fingerprint density at radius 3 is 2.53 bits per heavy atom. The lowest BCUT2D eigenvalue weighted by atomic mass is 10.0. The molecule has 0 aromatic heterocycles. The van der Waals surface area contributed by atoms with Crippen LogP contribution in [0.4, 0.5) is 0 Å². The molecule has 0 amide bonds. The lowest BCUT2D eigenvalue weighted by molar-refractivity contribution is -0.0864. The van der Waals surface area contributed by atoms with Gasteiger partial charge in [-0.15, -0.1) is 0 Å². The number of nitrogens with one attached hydrogen (secondary N) is 1. The van der Waals surface area contributed by atoms with E-state index in [0.29, 0.717) is 12.5 Å². The molecular formula is C16H25NO2. The summed E-state index contributed by atoms with van der Waals surface area (Å²) in [5.41, 5.74) is 2.74. The van der Waals surface area contributed by atoms with Gasteiger partial charge in [0.25, 0.3) is 0 Å². The Morgan fingerprint density at radius 1 is 1.16 bits per heavy atom. The van der Waals surface area contributed by atoms with Gasteiger partial charge in [0.1, 0.15) is 0 Å². The van der Waals surface area contributed by atoms with Crippen LogP contribution >= 0.6 is 0 Å². The van der Waals surface area contributed by atoms with E-state index in [-0.39, 0.29) is 6.10 Å². The summed E-state index contributed by atoms with van der Waals surface area (Å²) >= 11 is 0. The van der Waals surface area contributed by atoms with Crippen LogP contribution in [0.15, 0.2) is 24.3 Å². The van der Waals surface area contributed by atoms with E-state index in [2.05, 4.69) is 43.4 Å². The highest BCUT2D eigenvalue weighted by atomic mass is 16.6. The van der Waals surface area contributed by atoms with Crippen molar-refractivity contribution in [2.45, 2.75) is 32.9 Å². The smallest absolute Gasteiger partial charge is 0.0933 e. The van der Waals surface area contributed by atoms with Crippen LogP contribution in [-0.2, 0) is 22.4 Å². The quantitative estimate of drug-likeness (QED) is 0.855. The fraction of sp³-hybridized carbons (Fsp3) is 0.625. The van der Waals surface area contributed by atoms with Gasteiger partial charge in [0.05, 0.1) is 25.9 Å². The van der Waals surface area contributed by atoms with Crippen LogP contribution in [0.1, 0.15) is 25.0 Å². The summed E-state index contributed by atoms with van der Waals surface area (Å²) in [6.45, 7) is 8.41. The minimum atomic E-state index is 0.203. The minimum absolute atomic E-state index is 0.203. The van der Waals surface area contributed by atoms with Gasteiger partial charge < -0.3 is 14.8 Å². The van der Waals surface area contributed by atoms with Gasteiger partial charge >= 0.3 is 0 Å². The van der Waals surface area contributed by atoms with Gasteiger partial charge in [0.15, 0.2) is 0 Å². The second kappa shape index (κ2) is 7.63. The van der Waals surface area contributed by atoms with Crippen LogP contribution in [0.2, 0.25) is 0 Å². The van der Waals surface area contributed by atoms with Gasteiger partial charge in [-0.1, -0.05) is 38.1 Å². The summed E-state index contributed by atoms with van der Waals surface area (Å²) in [6.07, 6.45) is 1.36. The largest absolute Gasteiger partial charge is 0.376 e. The fourth-order valence-electron chi connectivity index (χ4n) is 2.30. The van der Waals surface area contributed by atoms with Crippen molar-refractivity contribution in [1.29, 1.82) is 0 Å². The van der Waals surface area contributed by atoms with E-state index in [4.69, 9.17) is 9.47 Å². The van der Waals surface area contributed by atoms with E-state index in [9.17, 15) is 0 Å². The van der Waals surface area contributed by atoms with Crippen molar-refractivity contribution < 1.29 is 9.47 Å². The Morgan fingerprint density at radius 2 is 1.89 bits per heavy atom. The standard InChI is InChI=1S/C16H25NO2/c1-13(2)9-14-3-5-15(6-4-14)10-17-11-16-12-18-7-8-19-16/h3-6,13,16-17H,7-12H2,1-2H3. The van der Waals surface area contributed by atoms with Crippen LogP contribution in [0.25, 0.3) is 0 Å². The fourth-order valence-corrected chi connectivity index (χ4v) is 2.30. The molecule has 0 saturated carbocycles. The Bertz CT molecular complexity index is 356. The van der Waals surface area contributed by atoms with Crippen molar-refractivity contribution in [3.8, 4) is 0 Å². The summed E-state index contributed by atoms with van der Waals surface area (Å²) in [5, 5.41) is 3.43. The van der Waals surface area contributed by atoms with E-state index in [1.807, 2.05) is 0 Å². The molecule has 2 rings (SSSR count). The molecule has 1 unspecified atom stereocenters. The molecule has 106 valence electrons. The van der Waals surface area contributed by atoms with Crippen molar-refractivity contribution in [2.75, 3.05) is 26.4 Å². The zero-order chi connectivity index (χ0) is 13.5. The van der Waals surface area contributed by atoms with E-state index in [1.54, 1.807) is 0 Å². The van der Waals surface area contributed by atoms with Crippen LogP contribution in [0.3, 0.4) is 0 Å². The third-order valence-corrected chi connectivity index (χ3v) is 3.25. The molecule has 1 N–H and O–H groups in total. The zero-order valence-electron chi connectivity index (χ0n) is 12.0. The van der Waals surface area contributed by atoms with Crippen LogP contribution < -0.4 is 5.32 Å². The molecule has 0 spiro atoms. The summed E-state index contributed by atoms with van der Waals surface area (Å²) in [4.78, 5) is 0. The Kier molecular flexibility index (Phi) is 5.83. The molecule has 3 nitrogen and oxygen atoms in total. The highest BCUT2D eigenvalue weighted by molar-refractivity contribution is 5.22. The Labute approximate surface area is 116 Å². The lowest BCUT2D eigenvalue weighted by Gasteiger charge is -2.23. The molecule has 1 atom stereocenters. The van der Waals surface area contributed by atoms with Crippen molar-refractivity contribution in [1.82, 2.24) is 5.32 Å². The number of benzene rings is 1. The first kappa shape index (κ1) is 14.5. The number of ether oxygens (including phenoxy) is 2. The average Bonchev–Trinajstić information content (AvgIpc) is 2.41. The predicted molar refractivity (Wildman–Crippen MR) is 77.2 cm³/mol. The maximum atomic E-state index is 5.59. The Balaban J connectivity index is 1.70. The molecule has 19 heavy (non-hydrogen) atoms. The molecule has 3 heteroatoms. The summed E-state index contributed by atoms with van der Waals surface area (Å²) in [5.74, 6) is 0.715. The van der Waals surface area contributed by atoms with E-state index in [1.165, 1.54) is 11.1 Å². The van der Waals surface area contributed by atoms with Crippen LogP contribution in [0, 0.1) is 5.92 Å². The number of hydrogen-bond acceptors (Lipinski definition) is 3. The molecular weight excluding hydrogens is 238 g/mol. The number of rotatable bonds is 6. The van der Waals surface area contributed by atoms with Gasteiger partial charge in [-0.05, 0) is 23.5 Å². The SMILES string of the molecule is CC(C)Cc1ccc(CNCC2COCCO2)cc1. The highest BCUT2D eigenvalue weighted by Gasteiger charge is 2.13. The molecule has 1 fully saturated rings. The third kappa shape index (κ3) is 5.31. The van der Waals surface area contributed by atoms with Gasteiger partial charge in [0.2, 0.25) is 0 Å². The van der Waals surface area contributed by atoms with Crippen LogP contribution in [-0.4, -0.2) is 32.5 Å². The first-order valence-electron chi connectivity index (χ1n) is 7.22. The molecule has 1 aliphatic heterocycles. The normalized spacial score (nSPS) is 19.8. The predicted octanol–water partition coefficient (Wildman–Crippen LogP) is 2.39. The zero-order valence-corrected chi connectivity index (χ0v) is 12.0. The number of hydrogen-bond donors (Lipinski definition) is 1. The third-order valence-electron chi connectivity index (χ3n) is 3.25. The molecule has 1 aromatic rings. The van der Waals surface area contributed by atoms with E-state index < -0.39 is 0 Å². The molecule has 1 saturated heterocycles. The molecule has 0 radical (unpaired) electrons. The van der Waals surface area contributed by atoms with Gasteiger partial charge in [-0.2, -0.15) is 0 Å². The molecule has 0 aliphatic carbocycles. The van der Waals surface area contributed by atoms with Gasteiger partial charge in [0, 0.05) is 13.1 Å². The second-order valence-corrected chi connectivity index (χ2v) is 5.61. The van der Waals surface area contributed by atoms with Crippen molar-refractivity contribution in [3.05, 3.63) is 35.4 Å². The average molecular weight is 263 g/mol. The molecule has 0 bridgehead atoms. The minimum Gasteiger partial charge on any atom is -0.376 e. The molecule has 1 aliphatic rings. The van der Waals surface area contributed by atoms with Crippen molar-refractivity contribution in [2.24, 2.45) is 5.92 Å². The van der Waals surface area contributed by atoms with E-state index >= 15 is 0 Å². The highest BCUT2D eigenvalue weighted by Crippen LogP contribution is 2.09. The van der Waals surface area contributed by atoms with E-state index in [0.717, 1.165) is 32.7 Å². The maximum absolute atomic E-state index is 5.59. The first-order valence-corrected chi connectivity index (χ1v) is 7.22. The summed E-state index contributed by atoms with van der Waals surface area (Å²) in [6, 6.07) is 8.89. The van der Waals surface area contributed by atoms with Gasteiger partial charge in [-0.3, -0.25) is 0 Å². The summed E-state index contributed by atoms with van der Waals surface area (Å²) in [7, 11) is 0. The Hall–Kier alpha value is -0.900. The second-order valence-electron chi connectivity index (χ2n) is 5.61. The summed E-state index contributed by atoms with van der Waals surface area (Å²) < 4.78 is 11.0. The lowest BCUT2D eigenvalue weighted by Crippen LogP contribution is -2.37. The van der Waals surface area contributed by atoms with Gasteiger partial charge in [-0.25, -0.2) is 0 Å². The monoisotopic (exact) mass is 263 g/mol. The maximum Gasteiger partial charge on any atom is 0.0933 e. The first-order chi connectivity index (χ1) is 9.24. The van der Waals surface area contributed by atoms with Crippen molar-refractivity contribution >= 4 is 0 Å². The molecule has 1 aromatic carbocycles. The topological polar surface area (TPSA) is 30.5 Å². The van der Waals surface area contributed by atoms with Crippen LogP contribution in [0.5, 0.6) is 0 Å². The molecule has 1 heterocycles.